The van der Waals surface area contributed by atoms with Gasteiger partial charge in [0.25, 0.3) is 0 Å². The summed E-state index contributed by atoms with van der Waals surface area (Å²) in [5.41, 5.74) is 0.867. The van der Waals surface area contributed by atoms with Crippen LogP contribution in [0.15, 0.2) is 36.2 Å². The molecule has 2 rings (SSSR count). The summed E-state index contributed by atoms with van der Waals surface area (Å²) in [6, 6.07) is 0. The van der Waals surface area contributed by atoms with Gasteiger partial charge in [-0.25, -0.2) is 0 Å². The van der Waals surface area contributed by atoms with E-state index in [1.807, 2.05) is 24.3 Å². The van der Waals surface area contributed by atoms with E-state index in [9.17, 15) is 5.21 Å². The fourth-order valence-electron chi connectivity index (χ4n) is 1.35. The van der Waals surface area contributed by atoms with Crippen LogP contribution in [0.2, 0.25) is 0 Å². The molecule has 0 aromatic heterocycles. The lowest BCUT2D eigenvalue weighted by Gasteiger charge is -2.38. The third-order valence-corrected chi connectivity index (χ3v) is 1.95. The molecule has 2 aliphatic heterocycles. The molecule has 2 aliphatic rings. The number of allylic oxidation sites excluding steroid dienone is 3. The fourth-order valence-corrected chi connectivity index (χ4v) is 1.35. The van der Waals surface area contributed by atoms with Gasteiger partial charge in [-0.05, 0) is 12.2 Å². The van der Waals surface area contributed by atoms with E-state index >= 15 is 0 Å². The van der Waals surface area contributed by atoms with E-state index in [1.165, 1.54) is 0 Å². The molecular formula is C8H9NO. The average Bonchev–Trinajstić information content (AvgIpc) is 2.29. The number of hydrogen-bond donors (Lipinski definition) is 0. The van der Waals surface area contributed by atoms with Crippen molar-refractivity contribution in [3.05, 3.63) is 41.4 Å². The molecule has 10 heavy (non-hydrogen) atoms. The van der Waals surface area contributed by atoms with E-state index in [2.05, 4.69) is 0 Å². The Morgan fingerprint density at radius 1 is 1.50 bits per heavy atom. The van der Waals surface area contributed by atoms with E-state index < -0.39 is 0 Å². The zero-order chi connectivity index (χ0) is 7.03. The smallest absolute Gasteiger partial charge is 0.137 e. The Balaban J connectivity index is 2.42. The predicted octanol–water partition coefficient (Wildman–Crippen LogP) is 1.67. The number of nitrogens with zero attached hydrogens (tertiary/aromatic N) is 1. The SMILES string of the molecule is [O-][N+]12C=CC=C1C=CCC2. The first-order chi connectivity index (χ1) is 4.81. The highest BCUT2D eigenvalue weighted by molar-refractivity contribution is 5.25. The Morgan fingerprint density at radius 3 is 3.20 bits per heavy atom. The molecule has 2 nitrogen and oxygen atoms in total. The topological polar surface area (TPSA) is 23.1 Å². The maximum absolute atomic E-state index is 11.6. The summed E-state index contributed by atoms with van der Waals surface area (Å²) in [6.07, 6.45) is 10.3. The maximum atomic E-state index is 11.6. The number of rotatable bonds is 0. The molecule has 0 spiro atoms. The Hall–Kier alpha value is -0.860. The zero-order valence-corrected chi connectivity index (χ0v) is 5.66. The quantitative estimate of drug-likeness (QED) is 0.366. The van der Waals surface area contributed by atoms with Crippen molar-refractivity contribution in [1.29, 1.82) is 0 Å². The Bertz CT molecular complexity index is 240. The Labute approximate surface area is 59.9 Å². The lowest BCUT2D eigenvalue weighted by atomic mass is 10.2. The Kier molecular flexibility index (Phi) is 1.07. The largest absolute Gasteiger partial charge is 0.622 e. The van der Waals surface area contributed by atoms with Crippen molar-refractivity contribution >= 4 is 0 Å². The van der Waals surface area contributed by atoms with Crippen LogP contribution in [0, 0.1) is 5.21 Å². The zero-order valence-electron chi connectivity index (χ0n) is 5.66. The molecule has 0 aromatic rings. The van der Waals surface area contributed by atoms with Gasteiger partial charge in [-0.15, -0.1) is 0 Å². The molecule has 1 unspecified atom stereocenters. The van der Waals surface area contributed by atoms with Crippen molar-refractivity contribution < 1.29 is 4.65 Å². The van der Waals surface area contributed by atoms with E-state index in [1.54, 1.807) is 6.20 Å². The minimum Gasteiger partial charge on any atom is -0.622 e. The van der Waals surface area contributed by atoms with Gasteiger partial charge in [-0.2, -0.15) is 0 Å². The molecule has 0 aromatic carbocycles. The van der Waals surface area contributed by atoms with Crippen LogP contribution in [0.25, 0.3) is 0 Å². The van der Waals surface area contributed by atoms with Crippen molar-refractivity contribution in [2.24, 2.45) is 0 Å². The van der Waals surface area contributed by atoms with Crippen LogP contribution >= 0.6 is 0 Å². The molecule has 2 heteroatoms. The summed E-state index contributed by atoms with van der Waals surface area (Å²) >= 11 is 0. The first kappa shape index (κ1) is 5.89. The predicted molar refractivity (Wildman–Crippen MR) is 39.5 cm³/mol. The second-order valence-electron chi connectivity index (χ2n) is 2.64. The van der Waals surface area contributed by atoms with Crippen LogP contribution in [0.3, 0.4) is 0 Å². The van der Waals surface area contributed by atoms with Crippen molar-refractivity contribution in [3.8, 4) is 0 Å². The highest BCUT2D eigenvalue weighted by Gasteiger charge is 2.23. The minimum absolute atomic E-state index is 0.240. The lowest BCUT2D eigenvalue weighted by Crippen LogP contribution is -2.35. The molecule has 1 atom stereocenters. The Morgan fingerprint density at radius 2 is 2.40 bits per heavy atom. The van der Waals surface area contributed by atoms with Gasteiger partial charge in [0.1, 0.15) is 11.9 Å². The molecule has 0 saturated heterocycles. The highest BCUT2D eigenvalue weighted by atomic mass is 16.5. The van der Waals surface area contributed by atoms with Crippen LogP contribution in [0.1, 0.15) is 6.42 Å². The molecule has 0 aliphatic carbocycles. The lowest BCUT2D eigenvalue weighted by molar-refractivity contribution is -0.784. The standard InChI is InChI=1S/C8H9NO/c10-9-6-2-1-4-8(9)5-3-7-9/h1,3-5,7H,2,6H2. The van der Waals surface area contributed by atoms with Crippen LogP contribution < -0.4 is 0 Å². The average molecular weight is 135 g/mol. The normalized spacial score (nSPS) is 35.9. The first-order valence-electron chi connectivity index (χ1n) is 3.47. The number of fused-ring (bicyclic) bond motifs is 1. The van der Waals surface area contributed by atoms with Crippen molar-refractivity contribution in [3.63, 3.8) is 0 Å². The molecular weight excluding hydrogens is 126 g/mol. The van der Waals surface area contributed by atoms with Crippen LogP contribution in [-0.2, 0) is 0 Å². The number of hydrogen-bond acceptors (Lipinski definition) is 1. The highest BCUT2D eigenvalue weighted by Crippen LogP contribution is 2.27. The van der Waals surface area contributed by atoms with Gasteiger partial charge in [-0.3, -0.25) is 0 Å². The van der Waals surface area contributed by atoms with Crippen LogP contribution in [0.5, 0.6) is 0 Å². The summed E-state index contributed by atoms with van der Waals surface area (Å²) in [5.74, 6) is 0. The molecule has 52 valence electrons. The summed E-state index contributed by atoms with van der Waals surface area (Å²) in [7, 11) is 0. The third kappa shape index (κ3) is 0.664. The summed E-state index contributed by atoms with van der Waals surface area (Å²) < 4.78 is -0.240. The van der Waals surface area contributed by atoms with Gasteiger partial charge in [0.05, 0.1) is 6.54 Å². The van der Waals surface area contributed by atoms with Crippen LogP contribution in [-0.4, -0.2) is 11.2 Å². The van der Waals surface area contributed by atoms with Gasteiger partial charge >= 0.3 is 0 Å². The molecule has 0 N–H and O–H groups in total. The van der Waals surface area contributed by atoms with Crippen molar-refractivity contribution in [1.82, 2.24) is 0 Å². The van der Waals surface area contributed by atoms with Crippen molar-refractivity contribution in [2.75, 3.05) is 6.54 Å². The van der Waals surface area contributed by atoms with Crippen molar-refractivity contribution in [2.45, 2.75) is 6.42 Å². The molecule has 0 radical (unpaired) electrons. The summed E-state index contributed by atoms with van der Waals surface area (Å²) in [5, 5.41) is 11.6. The number of quaternary nitrogens is 1. The second kappa shape index (κ2) is 1.81. The fraction of sp³-hybridized carbons (Fsp3) is 0.250. The van der Waals surface area contributed by atoms with Gasteiger partial charge in [0.15, 0.2) is 0 Å². The summed E-state index contributed by atoms with van der Waals surface area (Å²) in [4.78, 5) is 0. The molecule has 0 saturated carbocycles. The first-order valence-corrected chi connectivity index (χ1v) is 3.47. The molecule has 0 fully saturated rings. The number of hydroxylamine groups is 3. The van der Waals surface area contributed by atoms with E-state index in [4.69, 9.17) is 0 Å². The van der Waals surface area contributed by atoms with Gasteiger partial charge in [0.2, 0.25) is 0 Å². The molecule has 2 heterocycles. The van der Waals surface area contributed by atoms with E-state index in [-0.39, 0.29) is 4.65 Å². The second-order valence-corrected chi connectivity index (χ2v) is 2.64. The molecule has 0 bridgehead atoms. The summed E-state index contributed by atoms with van der Waals surface area (Å²) in [6.45, 7) is 0.666. The maximum Gasteiger partial charge on any atom is 0.137 e. The van der Waals surface area contributed by atoms with Gasteiger partial charge < -0.3 is 9.85 Å². The van der Waals surface area contributed by atoms with Crippen LogP contribution in [0.4, 0.5) is 0 Å². The van der Waals surface area contributed by atoms with E-state index in [0.717, 1.165) is 12.1 Å². The monoisotopic (exact) mass is 135 g/mol. The minimum atomic E-state index is -0.240. The van der Waals surface area contributed by atoms with Gasteiger partial charge in [-0.1, -0.05) is 6.08 Å². The molecule has 0 amide bonds. The van der Waals surface area contributed by atoms with Gasteiger partial charge in [0, 0.05) is 12.5 Å². The van der Waals surface area contributed by atoms with E-state index in [0.29, 0.717) is 6.54 Å². The third-order valence-electron chi connectivity index (χ3n) is 1.95.